The van der Waals surface area contributed by atoms with Crippen molar-refractivity contribution in [3.05, 3.63) is 71.8 Å². The molecule has 0 N–H and O–H groups in total. The minimum absolute atomic E-state index is 0.0217. The highest BCUT2D eigenvalue weighted by Gasteiger charge is 2.19. The largest absolute Gasteiger partial charge is 0.458 e. The Morgan fingerprint density at radius 1 is 0.909 bits per heavy atom. The van der Waals surface area contributed by atoms with Crippen molar-refractivity contribution >= 4 is 20.3 Å². The average Bonchev–Trinajstić information content (AvgIpc) is 2.86. The lowest BCUT2D eigenvalue weighted by molar-refractivity contribution is -0.00357. The Morgan fingerprint density at radius 3 is 2.12 bits per heavy atom. The number of unbranched alkanes of at least 4 members (excludes halogenated alkanes) is 1. The second kappa shape index (κ2) is 15.9. The van der Waals surface area contributed by atoms with Crippen molar-refractivity contribution in [3.8, 4) is 6.07 Å². The third-order valence-corrected chi connectivity index (χ3v) is 6.01. The summed E-state index contributed by atoms with van der Waals surface area (Å²) in [5.41, 5.74) is 0.895. The topological polar surface area (TPSA) is 94.9 Å². The number of nitrogens with zero attached hydrogens (tertiary/aromatic N) is 1. The van der Waals surface area contributed by atoms with Gasteiger partial charge in [-0.15, -0.1) is 0 Å². The van der Waals surface area contributed by atoms with E-state index in [-0.39, 0.29) is 6.61 Å². The zero-order chi connectivity index (χ0) is 23.7. The zero-order valence-electron chi connectivity index (χ0n) is 18.9. The van der Waals surface area contributed by atoms with Crippen LogP contribution in [0.2, 0.25) is 0 Å². The van der Waals surface area contributed by atoms with E-state index in [1.807, 2.05) is 25.1 Å². The van der Waals surface area contributed by atoms with Gasteiger partial charge in [-0.2, -0.15) is 5.26 Å². The molecule has 0 spiro atoms. The Morgan fingerprint density at radius 2 is 1.52 bits per heavy atom. The predicted octanol–water partition coefficient (Wildman–Crippen LogP) is 5.52. The van der Waals surface area contributed by atoms with Crippen LogP contribution in [0.3, 0.4) is 0 Å². The van der Waals surface area contributed by atoms with E-state index >= 15 is 0 Å². The fourth-order valence-corrected chi connectivity index (χ4v) is 3.92. The lowest BCUT2D eigenvalue weighted by atomic mass is 10.1. The van der Waals surface area contributed by atoms with Crippen LogP contribution >= 0.6 is 8.38 Å². The van der Waals surface area contributed by atoms with E-state index in [0.717, 1.165) is 19.0 Å². The summed E-state index contributed by atoms with van der Waals surface area (Å²) in [5.74, 6) is -0.907. The van der Waals surface area contributed by atoms with E-state index < -0.39 is 26.4 Å². The normalized spacial score (nSPS) is 12.4. The molecule has 0 radical (unpaired) electrons. The van der Waals surface area contributed by atoms with E-state index in [9.17, 15) is 9.59 Å². The van der Waals surface area contributed by atoms with Gasteiger partial charge >= 0.3 is 11.9 Å². The summed E-state index contributed by atoms with van der Waals surface area (Å²) in [5, 5.41) is 8.60. The van der Waals surface area contributed by atoms with Gasteiger partial charge in [-0.05, 0) is 43.5 Å². The first kappa shape index (κ1) is 26.5. The third kappa shape index (κ3) is 10.6. The molecular weight excluding hydrogens is 441 g/mol. The molecule has 0 aliphatic carbocycles. The van der Waals surface area contributed by atoms with Crippen LogP contribution in [0.1, 0.15) is 53.3 Å². The molecule has 7 nitrogen and oxygen atoms in total. The number of hydrogen-bond acceptors (Lipinski definition) is 7. The number of benzene rings is 2. The summed E-state index contributed by atoms with van der Waals surface area (Å²) >= 11 is 0. The van der Waals surface area contributed by atoms with Crippen LogP contribution in [0.15, 0.2) is 60.7 Å². The average molecular weight is 471 g/mol. The molecule has 0 saturated heterocycles. The summed E-state index contributed by atoms with van der Waals surface area (Å²) in [4.78, 5) is 24.8. The standard InChI is InChI=1S/C25H30NO6P/c1-2-33(31-19-11-17-26)30-18-10-9-16-23(32-25(28)22-14-7-4-8-15-22)20-29-24(27)21-12-5-3-6-13-21/h3-8,12-15,23H,2,9-11,16,18-20H2,1H3. The summed E-state index contributed by atoms with van der Waals surface area (Å²) in [7, 11) is -0.993. The molecule has 2 unspecified atom stereocenters. The van der Waals surface area contributed by atoms with Crippen LogP contribution in [-0.2, 0) is 18.5 Å². The number of esters is 2. The smallest absolute Gasteiger partial charge is 0.338 e. The Balaban J connectivity index is 1.83. The van der Waals surface area contributed by atoms with Crippen LogP contribution in [0.25, 0.3) is 0 Å². The van der Waals surface area contributed by atoms with E-state index in [4.69, 9.17) is 23.8 Å². The second-order valence-corrected chi connectivity index (χ2v) is 8.89. The summed E-state index contributed by atoms with van der Waals surface area (Å²) in [6, 6.07) is 19.5. The second-order valence-electron chi connectivity index (χ2n) is 7.08. The van der Waals surface area contributed by atoms with Crippen molar-refractivity contribution < 1.29 is 28.1 Å². The first-order valence-electron chi connectivity index (χ1n) is 11.0. The number of nitriles is 1. The molecule has 2 aromatic rings. The number of rotatable bonds is 15. The van der Waals surface area contributed by atoms with Crippen LogP contribution in [0.5, 0.6) is 0 Å². The molecule has 0 fully saturated rings. The molecule has 2 atom stereocenters. The van der Waals surface area contributed by atoms with E-state index in [0.29, 0.717) is 37.2 Å². The summed E-state index contributed by atoms with van der Waals surface area (Å²) in [6.07, 6.45) is 2.53. The van der Waals surface area contributed by atoms with Gasteiger partial charge in [-0.25, -0.2) is 9.59 Å². The molecule has 0 aliphatic rings. The highest BCUT2D eigenvalue weighted by atomic mass is 31.2. The lowest BCUT2D eigenvalue weighted by Crippen LogP contribution is -2.25. The SMILES string of the molecule is CCP(OCCC#N)OCCCCC(COC(=O)c1ccccc1)OC(=O)c1ccccc1. The first-order valence-corrected chi connectivity index (χ1v) is 12.4. The van der Waals surface area contributed by atoms with Gasteiger partial charge in [-0.1, -0.05) is 43.3 Å². The fraction of sp³-hybridized carbons (Fsp3) is 0.400. The maximum atomic E-state index is 12.5. The first-order chi connectivity index (χ1) is 16.1. The molecule has 0 saturated carbocycles. The van der Waals surface area contributed by atoms with Crippen molar-refractivity contribution in [1.82, 2.24) is 0 Å². The van der Waals surface area contributed by atoms with Crippen molar-refractivity contribution in [2.24, 2.45) is 0 Å². The van der Waals surface area contributed by atoms with Crippen molar-refractivity contribution in [3.63, 3.8) is 0 Å². The molecule has 0 bridgehead atoms. The van der Waals surface area contributed by atoms with Crippen LogP contribution < -0.4 is 0 Å². The summed E-state index contributed by atoms with van der Waals surface area (Å²) in [6.45, 7) is 2.85. The predicted molar refractivity (Wildman–Crippen MR) is 126 cm³/mol. The number of carbonyl (C=O) groups excluding carboxylic acids is 2. The molecule has 33 heavy (non-hydrogen) atoms. The molecule has 0 aromatic heterocycles. The van der Waals surface area contributed by atoms with E-state index in [1.54, 1.807) is 48.5 Å². The van der Waals surface area contributed by atoms with Gasteiger partial charge in [0.25, 0.3) is 0 Å². The maximum absolute atomic E-state index is 12.5. The lowest BCUT2D eigenvalue weighted by Gasteiger charge is -2.19. The van der Waals surface area contributed by atoms with Gasteiger partial charge in [0.05, 0.1) is 36.8 Å². The minimum atomic E-state index is -0.993. The molecular formula is C25H30NO6P. The fourth-order valence-electron chi connectivity index (χ4n) is 2.85. The van der Waals surface area contributed by atoms with Crippen LogP contribution in [0, 0.1) is 11.3 Å². The Bertz CT molecular complexity index is 871. The number of hydrogen-bond donors (Lipinski definition) is 0. The zero-order valence-corrected chi connectivity index (χ0v) is 19.7. The Kier molecular flexibility index (Phi) is 12.8. The van der Waals surface area contributed by atoms with Crippen LogP contribution in [0.4, 0.5) is 0 Å². The van der Waals surface area contributed by atoms with Gasteiger partial charge < -0.3 is 18.5 Å². The Labute approximate surface area is 196 Å². The molecule has 0 heterocycles. The Hall–Kier alpha value is -2.78. The minimum Gasteiger partial charge on any atom is -0.458 e. The molecule has 2 rings (SSSR count). The maximum Gasteiger partial charge on any atom is 0.338 e. The monoisotopic (exact) mass is 471 g/mol. The number of carbonyl (C=O) groups is 2. The van der Waals surface area contributed by atoms with Crippen molar-refractivity contribution in [2.75, 3.05) is 26.0 Å². The van der Waals surface area contributed by atoms with Gasteiger partial charge in [0.2, 0.25) is 0 Å². The highest BCUT2D eigenvalue weighted by Crippen LogP contribution is 2.37. The quantitative estimate of drug-likeness (QED) is 0.192. The molecule has 0 amide bonds. The number of ether oxygens (including phenoxy) is 2. The molecule has 0 aliphatic heterocycles. The molecule has 8 heteroatoms. The molecule has 176 valence electrons. The van der Waals surface area contributed by atoms with Gasteiger partial charge in [0.15, 0.2) is 8.38 Å². The van der Waals surface area contributed by atoms with Gasteiger partial charge in [0.1, 0.15) is 12.7 Å². The third-order valence-electron chi connectivity index (χ3n) is 4.56. The van der Waals surface area contributed by atoms with Crippen LogP contribution in [-0.4, -0.2) is 44.0 Å². The van der Waals surface area contributed by atoms with Gasteiger partial charge in [0, 0.05) is 6.16 Å². The van der Waals surface area contributed by atoms with E-state index in [2.05, 4.69) is 0 Å². The molecule has 2 aromatic carbocycles. The van der Waals surface area contributed by atoms with Crippen molar-refractivity contribution in [1.29, 1.82) is 5.26 Å². The van der Waals surface area contributed by atoms with E-state index in [1.165, 1.54) is 0 Å². The highest BCUT2D eigenvalue weighted by molar-refractivity contribution is 7.47. The van der Waals surface area contributed by atoms with Crippen molar-refractivity contribution in [2.45, 2.75) is 38.7 Å². The van der Waals surface area contributed by atoms with Gasteiger partial charge in [-0.3, -0.25) is 0 Å². The summed E-state index contributed by atoms with van der Waals surface area (Å²) < 4.78 is 22.4.